The van der Waals surface area contributed by atoms with Gasteiger partial charge in [0.1, 0.15) is 0 Å². The van der Waals surface area contributed by atoms with Crippen molar-refractivity contribution in [3.8, 4) is 0 Å². The third-order valence-electron chi connectivity index (χ3n) is 3.97. The lowest BCUT2D eigenvalue weighted by atomic mass is 10.1. The molecular formula is C18H39N2O2+. The van der Waals surface area contributed by atoms with Gasteiger partial charge >= 0.3 is 5.97 Å². The van der Waals surface area contributed by atoms with Crippen LogP contribution in [0, 0.1) is 0 Å². The van der Waals surface area contributed by atoms with E-state index in [9.17, 15) is 4.79 Å². The molecule has 0 aromatic heterocycles. The minimum atomic E-state index is -0.0632. The van der Waals surface area contributed by atoms with Crippen LogP contribution in [0.5, 0.6) is 0 Å². The molecule has 0 saturated heterocycles. The van der Waals surface area contributed by atoms with Gasteiger partial charge in [0.2, 0.25) is 0 Å². The number of unbranched alkanes of at least 4 members (excludes halogenated alkanes) is 7. The van der Waals surface area contributed by atoms with Gasteiger partial charge in [-0.3, -0.25) is 0 Å². The van der Waals surface area contributed by atoms with Crippen molar-refractivity contribution in [3.05, 3.63) is 0 Å². The number of hydrogen-bond donors (Lipinski definition) is 0. The number of quaternary nitrogens is 1. The summed E-state index contributed by atoms with van der Waals surface area (Å²) in [5.74, 6) is -0.0632. The van der Waals surface area contributed by atoms with E-state index in [0.717, 1.165) is 19.5 Å². The van der Waals surface area contributed by atoms with E-state index in [1.54, 1.807) is 0 Å². The molecule has 0 heterocycles. The van der Waals surface area contributed by atoms with Crippen LogP contribution < -0.4 is 0 Å². The van der Waals surface area contributed by atoms with Crippen molar-refractivity contribution in [2.45, 2.75) is 58.3 Å². The first kappa shape index (κ1) is 21.4. The number of ether oxygens (including phenoxy) is 1. The highest BCUT2D eigenvalue weighted by Gasteiger charge is 2.20. The highest BCUT2D eigenvalue weighted by Crippen LogP contribution is 2.08. The third-order valence-corrected chi connectivity index (χ3v) is 3.97. The molecule has 0 aliphatic rings. The summed E-state index contributed by atoms with van der Waals surface area (Å²) in [6, 6.07) is 0. The van der Waals surface area contributed by atoms with Crippen LogP contribution in [-0.4, -0.2) is 69.8 Å². The average Bonchev–Trinajstić information content (AvgIpc) is 2.43. The maximum atomic E-state index is 11.9. The number of esters is 1. The van der Waals surface area contributed by atoms with E-state index in [0.29, 0.717) is 17.6 Å². The van der Waals surface area contributed by atoms with Gasteiger partial charge in [0.15, 0.2) is 6.54 Å². The lowest BCUT2D eigenvalue weighted by Crippen LogP contribution is -2.48. The van der Waals surface area contributed by atoms with Gasteiger partial charge < -0.3 is 14.1 Å². The molecule has 0 saturated carbocycles. The molecule has 0 fully saturated rings. The Labute approximate surface area is 138 Å². The number of carbonyl (C=O) groups is 1. The Bertz CT molecular complexity index is 278. The lowest BCUT2D eigenvalue weighted by molar-refractivity contribution is -0.882. The zero-order chi connectivity index (χ0) is 16.8. The van der Waals surface area contributed by atoms with Crippen molar-refractivity contribution in [2.24, 2.45) is 0 Å². The summed E-state index contributed by atoms with van der Waals surface area (Å²) in [7, 11) is 8.28. The second kappa shape index (κ2) is 12.9. The molecule has 0 aliphatic carbocycles. The maximum absolute atomic E-state index is 11.9. The molecule has 0 aliphatic heterocycles. The molecule has 4 nitrogen and oxygen atoms in total. The molecule has 0 spiro atoms. The minimum absolute atomic E-state index is 0.0632. The monoisotopic (exact) mass is 315 g/mol. The summed E-state index contributed by atoms with van der Waals surface area (Å²) in [6.07, 6.45) is 10.2. The topological polar surface area (TPSA) is 29.5 Å². The van der Waals surface area contributed by atoms with E-state index in [-0.39, 0.29) is 5.97 Å². The van der Waals surface area contributed by atoms with Gasteiger partial charge in [-0.1, -0.05) is 51.9 Å². The second-order valence-electron chi connectivity index (χ2n) is 7.32. The zero-order valence-corrected chi connectivity index (χ0v) is 15.7. The van der Waals surface area contributed by atoms with E-state index in [4.69, 9.17) is 4.74 Å². The molecule has 0 bridgehead atoms. The molecule has 132 valence electrons. The predicted molar refractivity (Wildman–Crippen MR) is 94.0 cm³/mol. The molecule has 4 heteroatoms. The van der Waals surface area contributed by atoms with Crippen molar-refractivity contribution >= 4 is 5.97 Å². The number of hydrogen-bond acceptors (Lipinski definition) is 3. The minimum Gasteiger partial charge on any atom is -0.462 e. The first-order valence-corrected chi connectivity index (χ1v) is 9.00. The number of rotatable bonds is 14. The molecule has 0 aromatic carbocycles. The Balaban J connectivity index is 3.53. The van der Waals surface area contributed by atoms with Crippen molar-refractivity contribution < 1.29 is 14.0 Å². The fourth-order valence-electron chi connectivity index (χ4n) is 2.37. The molecule has 0 radical (unpaired) electrons. The van der Waals surface area contributed by atoms with E-state index in [1.165, 1.54) is 44.9 Å². The fourth-order valence-corrected chi connectivity index (χ4v) is 2.37. The average molecular weight is 316 g/mol. The summed E-state index contributed by atoms with van der Waals surface area (Å²) in [6.45, 7) is 5.24. The molecule has 0 N–H and O–H groups in total. The van der Waals surface area contributed by atoms with Crippen LogP contribution in [0.2, 0.25) is 0 Å². The maximum Gasteiger partial charge on any atom is 0.361 e. The van der Waals surface area contributed by atoms with E-state index >= 15 is 0 Å². The Kier molecular flexibility index (Phi) is 12.5. The smallest absolute Gasteiger partial charge is 0.361 e. The summed E-state index contributed by atoms with van der Waals surface area (Å²) < 4.78 is 6.05. The standard InChI is InChI=1S/C18H39N2O2/c1-6-7-8-9-10-11-12-13-16-22-18(21)17-20(4,5)15-14-19(2)3/h6-17H2,1-5H3/q+1. The predicted octanol–water partition coefficient (Wildman–Crippen LogP) is 3.31. The summed E-state index contributed by atoms with van der Waals surface area (Å²) in [5, 5.41) is 0. The largest absolute Gasteiger partial charge is 0.462 e. The number of nitrogens with zero attached hydrogens (tertiary/aromatic N) is 2. The van der Waals surface area contributed by atoms with Crippen LogP contribution >= 0.6 is 0 Å². The van der Waals surface area contributed by atoms with Gasteiger partial charge in [0.25, 0.3) is 0 Å². The molecular weight excluding hydrogens is 276 g/mol. The molecule has 0 aromatic rings. The zero-order valence-electron chi connectivity index (χ0n) is 15.7. The van der Waals surface area contributed by atoms with Crippen molar-refractivity contribution in [3.63, 3.8) is 0 Å². The van der Waals surface area contributed by atoms with E-state index in [2.05, 4.69) is 40.0 Å². The summed E-state index contributed by atoms with van der Waals surface area (Å²) in [5.41, 5.74) is 0. The van der Waals surface area contributed by atoms with Gasteiger partial charge in [-0.25, -0.2) is 4.79 Å². The first-order chi connectivity index (χ1) is 10.4. The molecule has 22 heavy (non-hydrogen) atoms. The van der Waals surface area contributed by atoms with Crippen LogP contribution in [0.25, 0.3) is 0 Å². The number of likely N-dealkylation sites (N-methyl/N-ethyl adjacent to an activating group) is 2. The Hall–Kier alpha value is -0.610. The molecule has 0 amide bonds. The van der Waals surface area contributed by atoms with Gasteiger partial charge in [-0.2, -0.15) is 0 Å². The van der Waals surface area contributed by atoms with Crippen LogP contribution in [-0.2, 0) is 9.53 Å². The van der Waals surface area contributed by atoms with Crippen LogP contribution in [0.4, 0.5) is 0 Å². The van der Waals surface area contributed by atoms with Crippen LogP contribution in [0.1, 0.15) is 58.3 Å². The van der Waals surface area contributed by atoms with Crippen molar-refractivity contribution in [1.29, 1.82) is 0 Å². The molecule has 0 rings (SSSR count). The summed E-state index contributed by atoms with van der Waals surface area (Å²) >= 11 is 0. The van der Waals surface area contributed by atoms with Crippen LogP contribution in [0.3, 0.4) is 0 Å². The normalized spacial score (nSPS) is 11.9. The van der Waals surface area contributed by atoms with Gasteiger partial charge in [-0.15, -0.1) is 0 Å². The van der Waals surface area contributed by atoms with E-state index in [1.807, 2.05) is 0 Å². The Morgan fingerprint density at radius 1 is 0.955 bits per heavy atom. The Morgan fingerprint density at radius 2 is 1.50 bits per heavy atom. The second-order valence-corrected chi connectivity index (χ2v) is 7.32. The quantitative estimate of drug-likeness (QED) is 0.280. The van der Waals surface area contributed by atoms with Crippen molar-refractivity contribution in [2.75, 3.05) is 54.4 Å². The Morgan fingerprint density at radius 3 is 2.05 bits per heavy atom. The molecule has 0 unspecified atom stereocenters. The van der Waals surface area contributed by atoms with Gasteiger partial charge in [-0.05, 0) is 20.5 Å². The SMILES string of the molecule is CCCCCCCCCCOC(=O)C[N+](C)(C)CCN(C)C. The molecule has 0 atom stereocenters. The summed E-state index contributed by atoms with van der Waals surface area (Å²) in [4.78, 5) is 14.0. The van der Waals surface area contributed by atoms with Crippen LogP contribution in [0.15, 0.2) is 0 Å². The first-order valence-electron chi connectivity index (χ1n) is 9.00. The van der Waals surface area contributed by atoms with Crippen molar-refractivity contribution in [1.82, 2.24) is 4.90 Å². The van der Waals surface area contributed by atoms with Gasteiger partial charge in [0.05, 0.1) is 27.2 Å². The number of carbonyl (C=O) groups excluding carboxylic acids is 1. The fraction of sp³-hybridized carbons (Fsp3) is 0.944. The van der Waals surface area contributed by atoms with E-state index < -0.39 is 0 Å². The third kappa shape index (κ3) is 14.3. The highest BCUT2D eigenvalue weighted by molar-refractivity contribution is 5.70. The lowest BCUT2D eigenvalue weighted by Gasteiger charge is -2.29. The highest BCUT2D eigenvalue weighted by atomic mass is 16.5. The van der Waals surface area contributed by atoms with Gasteiger partial charge in [0, 0.05) is 6.54 Å².